The molecule has 384 valence electrons. The molecule has 9 rings (SSSR count). The summed E-state index contributed by atoms with van der Waals surface area (Å²) in [5.41, 5.74) is 16.3. The van der Waals surface area contributed by atoms with Gasteiger partial charge in [0.1, 0.15) is 72.5 Å². The second kappa shape index (κ2) is 19.1. The number of esters is 1. The number of aliphatic hydroxyl groups excluding tert-OH is 3. The minimum atomic E-state index is -5.62. The second-order valence-corrected chi connectivity index (χ2v) is 19.6. The maximum absolute atomic E-state index is 13.9. The highest BCUT2D eigenvalue weighted by molar-refractivity contribution is 7.47. The number of nitrogens with zero attached hydrogens (tertiary/aromatic N) is 11. The molecule has 3 aliphatic heterocycles. The Morgan fingerprint density at radius 1 is 0.662 bits per heavy atom. The highest BCUT2D eigenvalue weighted by atomic mass is 31.2. The number of ether oxygens (including phenoxy) is 4. The molecule has 0 aliphatic carbocycles. The van der Waals surface area contributed by atoms with Crippen molar-refractivity contribution in [2.24, 2.45) is 0 Å². The zero-order chi connectivity index (χ0) is 50.9. The summed E-state index contributed by atoms with van der Waals surface area (Å²) in [6.07, 6.45) is -16.0. The van der Waals surface area contributed by atoms with Crippen molar-refractivity contribution in [1.29, 1.82) is 0 Å². The molecule has 0 aromatic carbocycles. The van der Waals surface area contributed by atoms with Crippen LogP contribution in [0.2, 0.25) is 0 Å². The third kappa shape index (κ3) is 10.00. The molecule has 0 spiro atoms. The van der Waals surface area contributed by atoms with Gasteiger partial charge in [0.05, 0.1) is 38.8 Å². The van der Waals surface area contributed by atoms with Gasteiger partial charge in [-0.3, -0.25) is 50.9 Å². The van der Waals surface area contributed by atoms with E-state index in [4.69, 9.17) is 58.8 Å². The smallest absolute Gasteiger partial charge is 0.455 e. The summed E-state index contributed by atoms with van der Waals surface area (Å²) in [6.45, 7) is -2.19. The molecule has 6 aromatic heterocycles. The number of nitrogen functional groups attached to an aromatic ring is 3. The van der Waals surface area contributed by atoms with Crippen molar-refractivity contribution < 1.29 is 94.9 Å². The molecule has 6 aromatic rings. The van der Waals surface area contributed by atoms with Gasteiger partial charge in [-0.25, -0.2) is 48.6 Å². The lowest BCUT2D eigenvalue weighted by Crippen LogP contribution is -2.39. The zero-order valence-corrected chi connectivity index (χ0v) is 38.5. The minimum absolute atomic E-state index is 0.00814. The SMILES string of the molecule is CC(=O)O[C@@H]1[C@H](OP(=O)(O)O)[C@@H](COP(=O)(O)O[C@H]2[C@@H](O)[C@H](n3cnc4c(=O)[nH]c(N)nc43)O[C@@H]2COP(=O)(O)O[C@H]2[C@@H](O)[C@H](n3cnc4c(N)ncnc43)O[C@@H]2CO)O[C@H]1n1cnc2c(N)ncnc21. The van der Waals surface area contributed by atoms with Crippen LogP contribution < -0.4 is 22.8 Å². The number of hydrogen-bond acceptors (Lipinski definition) is 28. The van der Waals surface area contributed by atoms with Crippen molar-refractivity contribution in [1.82, 2.24) is 58.6 Å². The number of anilines is 3. The van der Waals surface area contributed by atoms with Crippen molar-refractivity contribution in [2.45, 2.75) is 80.5 Å². The van der Waals surface area contributed by atoms with Gasteiger partial charge in [0.25, 0.3) is 5.56 Å². The molecule has 14 N–H and O–H groups in total. The van der Waals surface area contributed by atoms with Gasteiger partial charge in [-0.05, 0) is 0 Å². The summed E-state index contributed by atoms with van der Waals surface area (Å²) < 4.78 is 92.0. The molecule has 2 unspecified atom stereocenters. The van der Waals surface area contributed by atoms with E-state index in [-0.39, 0.29) is 45.1 Å². The number of aliphatic hydroxyl groups is 3. The summed E-state index contributed by atoms with van der Waals surface area (Å²) in [5.74, 6) is -1.49. The highest BCUT2D eigenvalue weighted by Gasteiger charge is 2.55. The van der Waals surface area contributed by atoms with Gasteiger partial charge in [-0.1, -0.05) is 0 Å². The Bertz CT molecular complexity index is 3190. The minimum Gasteiger partial charge on any atom is -0.455 e. The van der Waals surface area contributed by atoms with Crippen LogP contribution in [0.1, 0.15) is 25.6 Å². The summed E-state index contributed by atoms with van der Waals surface area (Å²) in [7, 11) is -16.5. The number of aromatic amines is 1. The third-order valence-electron chi connectivity index (χ3n) is 11.0. The van der Waals surface area contributed by atoms with Crippen molar-refractivity contribution in [3.63, 3.8) is 0 Å². The second-order valence-electron chi connectivity index (χ2n) is 15.6. The number of H-pyrrole nitrogens is 1. The number of phosphoric ester groups is 3. The number of phosphoric acid groups is 3. The maximum Gasteiger partial charge on any atom is 0.472 e. The van der Waals surface area contributed by atoms with Gasteiger partial charge in [0.15, 0.2) is 58.9 Å². The molecule has 0 radical (unpaired) electrons. The molecular weight excluding hydrogens is 1020 g/mol. The monoisotopic (exact) mass is 1060 g/mol. The number of imidazole rings is 3. The third-order valence-corrected chi connectivity index (χ3v) is 13.5. The lowest BCUT2D eigenvalue weighted by Gasteiger charge is -2.26. The fraction of sp³-hybridized carbons (Fsp3) is 0.500. The molecule has 0 amide bonds. The van der Waals surface area contributed by atoms with Crippen molar-refractivity contribution >= 4 is 80.5 Å². The number of hydrogen-bond donors (Lipinski definition) is 11. The van der Waals surface area contributed by atoms with Crippen molar-refractivity contribution in [2.75, 3.05) is 37.0 Å². The van der Waals surface area contributed by atoms with Crippen LogP contribution in [-0.2, 0) is 60.1 Å². The standard InChI is InChI=1S/C32H40N15O21P3/c1-10(49)62-22-21(66-69(53,54)55)13(65-31(22)46-8-41-15-24(34)37-6-39-26(15)46)4-61-71(58,59)68-20-12(64-30(18(20)51)47-9-42-16-27(47)43-32(35)44-28(16)52)3-60-70(56,57)67-19-11(2-48)63-29(17(19)50)45-7-40-14-23(33)36-5-38-25(14)45/h5-9,11-13,17-22,29-31,48,50-51H,2-4H2,1H3,(H,56,57)(H,58,59)(H2,33,36,38)(H2,34,37,39)(H2,53,54,55)(H3,35,43,44,52)/t11-,12-,13-,17-,18-,19-,20-,21-,22-,29-,30-,31-/m1/s1. The molecular formula is C32H40N15O21P3. The number of nitrogens with two attached hydrogens (primary N) is 3. The molecule has 71 heavy (non-hydrogen) atoms. The molecule has 0 bridgehead atoms. The van der Waals surface area contributed by atoms with Gasteiger partial charge >= 0.3 is 29.4 Å². The van der Waals surface area contributed by atoms with E-state index in [2.05, 4.69) is 44.9 Å². The average Bonchev–Trinajstić information content (AvgIpc) is 4.15. The quantitative estimate of drug-likeness (QED) is 0.0310. The van der Waals surface area contributed by atoms with Crippen LogP contribution in [-0.4, -0.2) is 174 Å². The van der Waals surface area contributed by atoms with E-state index < -0.39 is 134 Å². The Labute approximate surface area is 393 Å². The zero-order valence-electron chi connectivity index (χ0n) is 35.8. The first-order valence-corrected chi connectivity index (χ1v) is 24.8. The fourth-order valence-corrected chi connectivity index (χ4v) is 10.6. The van der Waals surface area contributed by atoms with E-state index in [1.807, 2.05) is 0 Å². The number of carbonyl (C=O) groups is 1. The van der Waals surface area contributed by atoms with Gasteiger partial charge in [-0.2, -0.15) is 4.98 Å². The first-order chi connectivity index (χ1) is 33.5. The molecule has 39 heteroatoms. The van der Waals surface area contributed by atoms with Gasteiger partial charge in [0, 0.05) is 6.92 Å². The van der Waals surface area contributed by atoms with Gasteiger partial charge in [0.2, 0.25) is 5.95 Å². The van der Waals surface area contributed by atoms with E-state index in [1.54, 1.807) is 0 Å². The normalized spacial score (nSPS) is 29.8. The topological polar surface area (TPSA) is 522 Å². The van der Waals surface area contributed by atoms with E-state index >= 15 is 0 Å². The van der Waals surface area contributed by atoms with Gasteiger partial charge < -0.3 is 71.0 Å². The van der Waals surface area contributed by atoms with Crippen LogP contribution in [0.4, 0.5) is 17.6 Å². The Hall–Kier alpha value is -5.59. The van der Waals surface area contributed by atoms with Crippen molar-refractivity contribution in [3.05, 3.63) is 42.0 Å². The molecule has 3 aliphatic rings. The molecule has 3 saturated heterocycles. The Morgan fingerprint density at radius 2 is 1.13 bits per heavy atom. The number of aromatic nitrogens is 12. The summed E-state index contributed by atoms with van der Waals surface area (Å²) in [4.78, 5) is 101. The molecule has 3 fully saturated rings. The Morgan fingerprint density at radius 3 is 1.65 bits per heavy atom. The number of fused-ring (bicyclic) bond motifs is 3. The summed E-state index contributed by atoms with van der Waals surface area (Å²) in [5, 5.41) is 33.1. The van der Waals surface area contributed by atoms with E-state index in [0.717, 1.165) is 41.4 Å². The van der Waals surface area contributed by atoms with E-state index in [0.29, 0.717) is 0 Å². The fourth-order valence-electron chi connectivity index (χ4n) is 8.05. The van der Waals surface area contributed by atoms with Crippen LogP contribution >= 0.6 is 23.5 Å². The lowest BCUT2D eigenvalue weighted by molar-refractivity contribution is -0.155. The molecule has 0 saturated carbocycles. The molecule has 14 atom stereocenters. The Kier molecular flexibility index (Phi) is 13.6. The summed E-state index contributed by atoms with van der Waals surface area (Å²) in [6, 6.07) is 0. The largest absolute Gasteiger partial charge is 0.472 e. The summed E-state index contributed by atoms with van der Waals surface area (Å²) >= 11 is 0. The number of carbonyl (C=O) groups excluding carboxylic acids is 1. The van der Waals surface area contributed by atoms with Crippen LogP contribution in [0.5, 0.6) is 0 Å². The highest BCUT2D eigenvalue weighted by Crippen LogP contribution is 2.53. The van der Waals surface area contributed by atoms with E-state index in [9.17, 15) is 58.2 Å². The maximum atomic E-state index is 13.9. The van der Waals surface area contributed by atoms with Crippen LogP contribution in [0.15, 0.2) is 36.4 Å². The first-order valence-electron chi connectivity index (χ1n) is 20.3. The predicted octanol–water partition coefficient (Wildman–Crippen LogP) is -3.63. The molecule has 36 nitrogen and oxygen atoms in total. The van der Waals surface area contributed by atoms with E-state index in [1.165, 1.54) is 10.9 Å². The number of rotatable bonds is 17. The number of nitrogens with one attached hydrogen (secondary N) is 1. The van der Waals surface area contributed by atoms with Gasteiger partial charge in [-0.15, -0.1) is 0 Å². The predicted molar refractivity (Wildman–Crippen MR) is 227 cm³/mol. The average molecular weight is 1060 g/mol. The van der Waals surface area contributed by atoms with Crippen LogP contribution in [0, 0.1) is 0 Å². The lowest BCUT2D eigenvalue weighted by atomic mass is 10.1. The van der Waals surface area contributed by atoms with Crippen LogP contribution in [0.3, 0.4) is 0 Å². The first kappa shape index (κ1) is 50.4. The molecule has 9 heterocycles. The Balaban J connectivity index is 0.958. The van der Waals surface area contributed by atoms with Crippen LogP contribution in [0.25, 0.3) is 33.5 Å². The van der Waals surface area contributed by atoms with Crippen molar-refractivity contribution in [3.8, 4) is 0 Å².